The Morgan fingerprint density at radius 3 is 2.45 bits per heavy atom. The molecule has 2 saturated carbocycles. The van der Waals surface area contributed by atoms with Crippen LogP contribution in [0, 0.1) is 17.3 Å². The lowest BCUT2D eigenvalue weighted by atomic mass is 9.83. The fraction of sp³-hybridized carbons (Fsp3) is 0.706. The summed E-state index contributed by atoms with van der Waals surface area (Å²) < 4.78 is 0. The molecule has 1 heterocycles. The highest BCUT2D eigenvalue weighted by Gasteiger charge is 2.63. The molecule has 22 heavy (non-hydrogen) atoms. The number of Topliss-reactive ketones (excluding diaryl/α,β-unsaturated/α-hetero) is 1. The molecule has 3 rings (SSSR count). The number of nitrogens with one attached hydrogen (secondary N) is 2. The van der Waals surface area contributed by atoms with Gasteiger partial charge in [0.25, 0.3) is 5.91 Å². The van der Waals surface area contributed by atoms with Crippen LogP contribution in [0.2, 0.25) is 0 Å². The number of hydrogen-bond donors (Lipinski definition) is 2. The first-order valence-corrected chi connectivity index (χ1v) is 8.00. The predicted octanol–water partition coefficient (Wildman–Crippen LogP) is 2.32. The minimum absolute atomic E-state index is 0.0888. The van der Waals surface area contributed by atoms with Crippen molar-refractivity contribution in [2.45, 2.75) is 58.9 Å². The van der Waals surface area contributed by atoms with Gasteiger partial charge in [-0.3, -0.25) is 14.9 Å². The van der Waals surface area contributed by atoms with Crippen LogP contribution in [0.4, 0.5) is 4.79 Å². The number of hydrogen-bond acceptors (Lipinski definition) is 3. The van der Waals surface area contributed by atoms with E-state index in [1.54, 1.807) is 6.92 Å². The third-order valence-corrected chi connectivity index (χ3v) is 6.05. The number of urea groups is 1. The summed E-state index contributed by atoms with van der Waals surface area (Å²) in [4.78, 5) is 35.4. The monoisotopic (exact) mass is 304 g/mol. The van der Waals surface area contributed by atoms with Crippen LogP contribution in [-0.4, -0.2) is 23.3 Å². The highest BCUT2D eigenvalue weighted by atomic mass is 16.2. The van der Waals surface area contributed by atoms with Crippen LogP contribution in [0.25, 0.3) is 0 Å². The number of carbonyl (C=O) groups is 3. The Morgan fingerprint density at radius 1 is 1.23 bits per heavy atom. The lowest BCUT2D eigenvalue weighted by Crippen LogP contribution is -2.43. The summed E-state index contributed by atoms with van der Waals surface area (Å²) in [5, 5.41) is 5.02. The molecule has 3 amide bonds. The van der Waals surface area contributed by atoms with Crippen molar-refractivity contribution < 1.29 is 14.4 Å². The van der Waals surface area contributed by atoms with Crippen LogP contribution in [-0.2, 0) is 9.59 Å². The maximum absolute atomic E-state index is 12.3. The second-order valence-electron chi connectivity index (χ2n) is 7.78. The summed E-state index contributed by atoms with van der Waals surface area (Å²) in [5.74, 6) is 1.06. The van der Waals surface area contributed by atoms with E-state index in [9.17, 15) is 14.4 Å². The smallest absolute Gasteiger partial charge is 0.322 e. The van der Waals surface area contributed by atoms with Gasteiger partial charge in [-0.1, -0.05) is 12.5 Å². The molecule has 0 radical (unpaired) electrons. The van der Waals surface area contributed by atoms with E-state index in [0.717, 1.165) is 24.0 Å². The standard InChI is InChI=1S/C17H24N2O3/c1-9(2)10-7-12-11(16(12,3)8-13(10)20)5-6-17(4)14(21)18-15(22)19-17/h11-12H,5-8H2,1-4H3,(H2,18,19,21,22)/t11-,12-,16+,17?/m1/s1. The number of imide groups is 1. The first kappa shape index (κ1) is 15.3. The van der Waals surface area contributed by atoms with Crippen molar-refractivity contribution in [1.82, 2.24) is 10.6 Å². The fourth-order valence-corrected chi connectivity index (χ4v) is 4.40. The van der Waals surface area contributed by atoms with Gasteiger partial charge in [0.2, 0.25) is 0 Å². The third kappa shape index (κ3) is 2.18. The predicted molar refractivity (Wildman–Crippen MR) is 82.0 cm³/mol. The molecule has 0 spiro atoms. The molecule has 0 aromatic rings. The van der Waals surface area contributed by atoms with Gasteiger partial charge in [-0.25, -0.2) is 4.79 Å². The van der Waals surface area contributed by atoms with Crippen LogP contribution >= 0.6 is 0 Å². The van der Waals surface area contributed by atoms with E-state index in [-0.39, 0.29) is 11.3 Å². The summed E-state index contributed by atoms with van der Waals surface area (Å²) >= 11 is 0. The molecule has 3 aliphatic rings. The molecule has 3 fully saturated rings. The van der Waals surface area contributed by atoms with Gasteiger partial charge >= 0.3 is 6.03 Å². The number of ketones is 1. The molecular weight excluding hydrogens is 280 g/mol. The van der Waals surface area contributed by atoms with Crippen LogP contribution < -0.4 is 10.6 Å². The SMILES string of the molecule is CC(C)=C1C[C@@H]2[C@@H](CCC3(C)NC(=O)NC3=O)[C@]2(C)CC1=O. The molecule has 1 unspecified atom stereocenters. The van der Waals surface area contributed by atoms with Gasteiger partial charge < -0.3 is 5.32 Å². The lowest BCUT2D eigenvalue weighted by molar-refractivity contribution is -0.123. The van der Waals surface area contributed by atoms with Crippen molar-refractivity contribution >= 4 is 17.7 Å². The molecule has 120 valence electrons. The highest BCUT2D eigenvalue weighted by Crippen LogP contribution is 2.68. The summed E-state index contributed by atoms with van der Waals surface area (Å²) in [6.07, 6.45) is 2.99. The Bertz CT molecular complexity index is 605. The number of fused-ring (bicyclic) bond motifs is 1. The molecule has 5 nitrogen and oxygen atoms in total. The lowest BCUT2D eigenvalue weighted by Gasteiger charge is -2.21. The summed E-state index contributed by atoms with van der Waals surface area (Å²) in [5.41, 5.74) is 1.42. The molecule has 1 saturated heterocycles. The van der Waals surface area contributed by atoms with Gasteiger partial charge in [0.05, 0.1) is 0 Å². The van der Waals surface area contributed by atoms with Gasteiger partial charge in [-0.2, -0.15) is 0 Å². The zero-order chi connectivity index (χ0) is 16.3. The van der Waals surface area contributed by atoms with Gasteiger partial charge in [0, 0.05) is 6.42 Å². The third-order valence-electron chi connectivity index (χ3n) is 6.05. The zero-order valence-electron chi connectivity index (χ0n) is 13.7. The molecular formula is C17H24N2O3. The van der Waals surface area contributed by atoms with Gasteiger partial charge in [0.1, 0.15) is 5.54 Å². The van der Waals surface area contributed by atoms with E-state index >= 15 is 0 Å². The molecule has 2 aliphatic carbocycles. The number of carbonyl (C=O) groups excluding carboxylic acids is 3. The van der Waals surface area contributed by atoms with E-state index in [2.05, 4.69) is 17.6 Å². The minimum Gasteiger partial charge on any atom is -0.324 e. The summed E-state index contributed by atoms with van der Waals surface area (Å²) in [7, 11) is 0. The molecule has 4 atom stereocenters. The Morgan fingerprint density at radius 2 is 1.91 bits per heavy atom. The maximum Gasteiger partial charge on any atom is 0.322 e. The van der Waals surface area contributed by atoms with Gasteiger partial charge in [-0.05, 0) is 62.9 Å². The average molecular weight is 304 g/mol. The van der Waals surface area contributed by atoms with Crippen molar-refractivity contribution in [2.24, 2.45) is 17.3 Å². The molecule has 2 N–H and O–H groups in total. The molecule has 1 aliphatic heterocycles. The maximum atomic E-state index is 12.3. The second-order valence-corrected chi connectivity index (χ2v) is 7.78. The van der Waals surface area contributed by atoms with Crippen LogP contribution in [0.5, 0.6) is 0 Å². The molecule has 5 heteroatoms. The van der Waals surface area contributed by atoms with E-state index in [1.165, 1.54) is 0 Å². The number of rotatable bonds is 3. The van der Waals surface area contributed by atoms with Crippen molar-refractivity contribution in [2.75, 3.05) is 0 Å². The van der Waals surface area contributed by atoms with Crippen LogP contribution in [0.15, 0.2) is 11.1 Å². The topological polar surface area (TPSA) is 75.3 Å². The Labute approximate surface area is 130 Å². The average Bonchev–Trinajstić information content (AvgIpc) is 2.86. The van der Waals surface area contributed by atoms with E-state index in [4.69, 9.17) is 0 Å². The Kier molecular flexibility index (Phi) is 3.24. The van der Waals surface area contributed by atoms with Crippen molar-refractivity contribution in [3.8, 4) is 0 Å². The Hall–Kier alpha value is -1.65. The van der Waals surface area contributed by atoms with Gasteiger partial charge in [-0.15, -0.1) is 0 Å². The summed E-state index contributed by atoms with van der Waals surface area (Å²) in [6, 6.07) is -0.408. The molecule has 0 aromatic carbocycles. The van der Waals surface area contributed by atoms with Gasteiger partial charge in [0.15, 0.2) is 5.78 Å². The van der Waals surface area contributed by atoms with E-state index < -0.39 is 11.6 Å². The molecule has 0 bridgehead atoms. The Balaban J connectivity index is 1.67. The second kappa shape index (κ2) is 4.67. The quantitative estimate of drug-likeness (QED) is 0.620. The van der Waals surface area contributed by atoms with E-state index in [1.807, 2.05) is 13.8 Å². The highest BCUT2D eigenvalue weighted by molar-refractivity contribution is 6.06. The van der Waals surface area contributed by atoms with Crippen molar-refractivity contribution in [3.05, 3.63) is 11.1 Å². The van der Waals surface area contributed by atoms with Crippen LogP contribution in [0.3, 0.4) is 0 Å². The van der Waals surface area contributed by atoms with E-state index in [0.29, 0.717) is 30.5 Å². The number of amides is 3. The fourth-order valence-electron chi connectivity index (χ4n) is 4.40. The number of allylic oxidation sites excluding steroid dienone is 2. The first-order chi connectivity index (χ1) is 10.2. The minimum atomic E-state index is -0.803. The zero-order valence-corrected chi connectivity index (χ0v) is 13.7. The summed E-state index contributed by atoms with van der Waals surface area (Å²) in [6.45, 7) is 7.98. The molecule has 0 aromatic heterocycles. The first-order valence-electron chi connectivity index (χ1n) is 8.00. The van der Waals surface area contributed by atoms with Crippen molar-refractivity contribution in [1.29, 1.82) is 0 Å². The largest absolute Gasteiger partial charge is 0.324 e. The normalized spacial score (nSPS) is 40.2. The van der Waals surface area contributed by atoms with Crippen LogP contribution in [0.1, 0.15) is 53.4 Å². The van der Waals surface area contributed by atoms with Crippen molar-refractivity contribution in [3.63, 3.8) is 0 Å².